The van der Waals surface area contributed by atoms with E-state index >= 15 is 0 Å². The van der Waals surface area contributed by atoms with Crippen LogP contribution in [0.3, 0.4) is 0 Å². The number of hydrogen-bond acceptors (Lipinski definition) is 5. The van der Waals surface area contributed by atoms with Gasteiger partial charge in [-0.05, 0) is 31.2 Å². The van der Waals surface area contributed by atoms with Crippen molar-refractivity contribution in [3.8, 4) is 5.69 Å². The molecule has 0 radical (unpaired) electrons. The third-order valence-electron chi connectivity index (χ3n) is 3.30. The minimum Gasteiger partial charge on any atom is -0.462 e. The highest BCUT2D eigenvalue weighted by Crippen LogP contribution is 2.34. The Labute approximate surface area is 159 Å². The van der Waals surface area contributed by atoms with Crippen LogP contribution in [0.15, 0.2) is 30.5 Å². The maximum Gasteiger partial charge on any atom is 0.434 e. The molecule has 0 saturated heterocycles. The van der Waals surface area contributed by atoms with Crippen molar-refractivity contribution in [3.63, 3.8) is 0 Å². The maximum absolute atomic E-state index is 13.4. The van der Waals surface area contributed by atoms with Crippen LogP contribution < -0.4 is 11.1 Å². The number of anilines is 1. The molecule has 0 saturated carbocycles. The van der Waals surface area contributed by atoms with E-state index in [0.717, 1.165) is 6.20 Å². The molecule has 0 unspecified atom stereocenters. The summed E-state index contributed by atoms with van der Waals surface area (Å²) in [7, 11) is 0. The number of benzene rings is 1. The second kappa shape index (κ2) is 9.38. The Morgan fingerprint density at radius 2 is 1.89 bits per heavy atom. The number of nitrogens with one attached hydrogen (secondary N) is 1. The normalized spacial score (nSPS) is 10.9. The van der Waals surface area contributed by atoms with Gasteiger partial charge in [-0.15, -0.1) is 12.4 Å². The van der Waals surface area contributed by atoms with Crippen LogP contribution >= 0.6 is 12.4 Å². The van der Waals surface area contributed by atoms with Crippen LogP contribution in [0.25, 0.3) is 5.69 Å². The number of amides is 1. The van der Waals surface area contributed by atoms with Crippen molar-refractivity contribution in [1.29, 1.82) is 0 Å². The van der Waals surface area contributed by atoms with Crippen LogP contribution in [-0.4, -0.2) is 34.8 Å². The average molecular weight is 407 g/mol. The number of ether oxygens (including phenoxy) is 1. The summed E-state index contributed by atoms with van der Waals surface area (Å²) in [5.41, 5.74) is 3.85. The van der Waals surface area contributed by atoms with Crippen molar-refractivity contribution in [2.45, 2.75) is 19.5 Å². The molecule has 2 aromatic rings. The van der Waals surface area contributed by atoms with Crippen LogP contribution in [0.2, 0.25) is 0 Å². The van der Waals surface area contributed by atoms with Crippen LogP contribution in [0.4, 0.5) is 18.9 Å². The van der Waals surface area contributed by atoms with Crippen LogP contribution in [0.1, 0.15) is 29.4 Å². The number of alkyl halides is 3. The summed E-state index contributed by atoms with van der Waals surface area (Å²) in [6, 6.07) is 5.54. The van der Waals surface area contributed by atoms with E-state index < -0.39 is 23.4 Å². The Morgan fingerprint density at radius 1 is 1.26 bits per heavy atom. The van der Waals surface area contributed by atoms with Gasteiger partial charge in [-0.3, -0.25) is 4.79 Å². The first kappa shape index (κ1) is 22.5. The quantitative estimate of drug-likeness (QED) is 0.719. The standard InChI is InChI=1S/C16H17F3N4O3.ClH/c1-2-26-15(25)12-9-21-23(14(12)16(17,18)19)11-5-3-10(4-6-11)22-13(24)7-8-20;/h3-6,9H,2,7-8,20H2,1H3,(H,22,24);1H. The number of carbonyl (C=O) groups excluding carboxylic acids is 2. The molecule has 0 aliphatic rings. The minimum atomic E-state index is -4.81. The highest BCUT2D eigenvalue weighted by Gasteiger charge is 2.41. The van der Waals surface area contributed by atoms with Gasteiger partial charge in [-0.2, -0.15) is 18.3 Å². The number of rotatable bonds is 6. The van der Waals surface area contributed by atoms with E-state index in [1.165, 1.54) is 31.2 Å². The lowest BCUT2D eigenvalue weighted by Crippen LogP contribution is -2.18. The van der Waals surface area contributed by atoms with Crippen LogP contribution in [0.5, 0.6) is 0 Å². The first-order valence-corrected chi connectivity index (χ1v) is 7.70. The number of nitrogens with zero attached hydrogens (tertiary/aromatic N) is 2. The molecule has 0 atom stereocenters. The Balaban J connectivity index is 0.00000364. The second-order valence-electron chi connectivity index (χ2n) is 5.17. The van der Waals surface area contributed by atoms with Gasteiger partial charge < -0.3 is 15.8 Å². The number of esters is 1. The van der Waals surface area contributed by atoms with Crippen molar-refractivity contribution < 1.29 is 27.5 Å². The number of aromatic nitrogens is 2. The lowest BCUT2D eigenvalue weighted by Gasteiger charge is -2.13. The Bertz CT molecular complexity index is 791. The molecule has 1 amide bonds. The van der Waals surface area contributed by atoms with Crippen molar-refractivity contribution in [2.24, 2.45) is 5.73 Å². The lowest BCUT2D eigenvalue weighted by atomic mass is 10.2. The van der Waals surface area contributed by atoms with Crippen molar-refractivity contribution in [2.75, 3.05) is 18.5 Å². The van der Waals surface area contributed by atoms with Gasteiger partial charge in [0.25, 0.3) is 0 Å². The van der Waals surface area contributed by atoms with E-state index in [-0.39, 0.29) is 43.6 Å². The molecule has 0 fully saturated rings. The molecule has 0 bridgehead atoms. The highest BCUT2D eigenvalue weighted by molar-refractivity contribution is 5.91. The van der Waals surface area contributed by atoms with E-state index in [2.05, 4.69) is 15.2 Å². The second-order valence-corrected chi connectivity index (χ2v) is 5.17. The zero-order valence-electron chi connectivity index (χ0n) is 14.2. The Hall–Kier alpha value is -2.59. The van der Waals surface area contributed by atoms with Crippen molar-refractivity contribution >= 4 is 30.0 Å². The first-order valence-electron chi connectivity index (χ1n) is 7.70. The van der Waals surface area contributed by atoms with E-state index in [1.807, 2.05) is 0 Å². The molecule has 0 spiro atoms. The molecule has 27 heavy (non-hydrogen) atoms. The molecule has 1 heterocycles. The van der Waals surface area contributed by atoms with Crippen LogP contribution in [0, 0.1) is 0 Å². The Morgan fingerprint density at radius 3 is 2.41 bits per heavy atom. The fourth-order valence-electron chi connectivity index (χ4n) is 2.22. The Kier molecular flexibility index (Phi) is 7.80. The van der Waals surface area contributed by atoms with E-state index in [4.69, 9.17) is 5.73 Å². The third-order valence-corrected chi connectivity index (χ3v) is 3.30. The van der Waals surface area contributed by atoms with Crippen molar-refractivity contribution in [3.05, 3.63) is 41.7 Å². The fourth-order valence-corrected chi connectivity index (χ4v) is 2.22. The van der Waals surface area contributed by atoms with Gasteiger partial charge in [-0.25, -0.2) is 9.48 Å². The molecule has 148 valence electrons. The summed E-state index contributed by atoms with van der Waals surface area (Å²) < 4.78 is 45.5. The molecule has 0 aliphatic carbocycles. The van der Waals surface area contributed by atoms with Crippen molar-refractivity contribution in [1.82, 2.24) is 9.78 Å². The van der Waals surface area contributed by atoms with Gasteiger partial charge in [0.15, 0.2) is 5.69 Å². The zero-order valence-corrected chi connectivity index (χ0v) is 15.1. The van der Waals surface area contributed by atoms with Gasteiger partial charge in [0.1, 0.15) is 5.56 Å². The van der Waals surface area contributed by atoms with Gasteiger partial charge in [0, 0.05) is 18.7 Å². The third kappa shape index (κ3) is 5.44. The molecule has 11 heteroatoms. The largest absolute Gasteiger partial charge is 0.462 e. The summed E-state index contributed by atoms with van der Waals surface area (Å²) in [4.78, 5) is 23.2. The fraction of sp³-hybridized carbons (Fsp3) is 0.312. The van der Waals surface area contributed by atoms with E-state index in [0.29, 0.717) is 10.4 Å². The summed E-state index contributed by atoms with van der Waals surface area (Å²) >= 11 is 0. The van der Waals surface area contributed by atoms with E-state index in [1.54, 1.807) is 0 Å². The predicted molar refractivity (Wildman–Crippen MR) is 94.1 cm³/mol. The number of carbonyl (C=O) groups is 2. The maximum atomic E-state index is 13.4. The van der Waals surface area contributed by atoms with Gasteiger partial charge >= 0.3 is 12.1 Å². The summed E-state index contributed by atoms with van der Waals surface area (Å²) in [6.45, 7) is 1.62. The molecule has 3 N–H and O–H groups in total. The number of halogens is 4. The lowest BCUT2D eigenvalue weighted by molar-refractivity contribution is -0.143. The van der Waals surface area contributed by atoms with Crippen LogP contribution in [-0.2, 0) is 15.7 Å². The average Bonchev–Trinajstić information content (AvgIpc) is 3.01. The topological polar surface area (TPSA) is 99.2 Å². The molecular weight excluding hydrogens is 389 g/mol. The van der Waals surface area contributed by atoms with Gasteiger partial charge in [-0.1, -0.05) is 0 Å². The van der Waals surface area contributed by atoms with E-state index in [9.17, 15) is 22.8 Å². The molecule has 0 aliphatic heterocycles. The number of hydrogen-bond donors (Lipinski definition) is 2. The molecule has 1 aromatic heterocycles. The summed E-state index contributed by atoms with van der Waals surface area (Å²) in [5.74, 6) is -1.41. The predicted octanol–water partition coefficient (Wildman–Crippen LogP) is 2.78. The summed E-state index contributed by atoms with van der Waals surface area (Å²) in [5, 5.41) is 6.23. The molecular formula is C16H18ClF3N4O3. The SMILES string of the molecule is CCOC(=O)c1cnn(-c2ccc(NC(=O)CCN)cc2)c1C(F)(F)F.Cl. The molecule has 7 nitrogen and oxygen atoms in total. The highest BCUT2D eigenvalue weighted by atomic mass is 35.5. The monoisotopic (exact) mass is 406 g/mol. The molecule has 1 aromatic carbocycles. The van der Waals surface area contributed by atoms with Gasteiger partial charge in [0.2, 0.25) is 5.91 Å². The smallest absolute Gasteiger partial charge is 0.434 e. The molecule has 2 rings (SSSR count). The number of nitrogens with two attached hydrogens (primary N) is 1. The summed E-state index contributed by atoms with van der Waals surface area (Å²) in [6.07, 6.45) is -3.87. The minimum absolute atomic E-state index is 0. The zero-order chi connectivity index (χ0) is 19.3. The van der Waals surface area contributed by atoms with Gasteiger partial charge in [0.05, 0.1) is 18.5 Å². The first-order chi connectivity index (χ1) is 12.3.